The van der Waals surface area contributed by atoms with Crippen molar-refractivity contribution >= 4 is 17.9 Å². The molecule has 2 unspecified atom stereocenters. The van der Waals surface area contributed by atoms with Crippen LogP contribution in [0.5, 0.6) is 0 Å². The second kappa shape index (κ2) is 13.2. The van der Waals surface area contributed by atoms with Crippen LogP contribution in [0.3, 0.4) is 0 Å². The van der Waals surface area contributed by atoms with Gasteiger partial charge in [-0.2, -0.15) is 0 Å². The normalized spacial score (nSPS) is 12.3. The van der Waals surface area contributed by atoms with Crippen molar-refractivity contribution < 1.29 is 48.8 Å². The van der Waals surface area contributed by atoms with Crippen LogP contribution in [0.25, 0.3) is 0 Å². The van der Waals surface area contributed by atoms with E-state index in [1.54, 1.807) is 0 Å². The second-order valence-electron chi connectivity index (χ2n) is 4.29. The lowest BCUT2D eigenvalue weighted by molar-refractivity contribution is -0.583. The summed E-state index contributed by atoms with van der Waals surface area (Å²) in [4.78, 5) is 40.1. The third kappa shape index (κ3) is 14.6. The first-order chi connectivity index (χ1) is 11.0. The molecule has 0 rings (SSSR count). The number of nitrogens with zero attached hydrogens (tertiary/aromatic N) is 1. The van der Waals surface area contributed by atoms with Crippen molar-refractivity contribution in [1.29, 1.82) is 0 Å². The molecule has 0 aromatic rings. The summed E-state index contributed by atoms with van der Waals surface area (Å²) < 4.78 is 14.0. The molecule has 0 bridgehead atoms. The fourth-order valence-electron chi connectivity index (χ4n) is 1.01. The Labute approximate surface area is 137 Å². The minimum absolute atomic E-state index is 0.123. The average Bonchev–Trinajstić information content (AvgIpc) is 2.48. The number of carbonyl (C=O) groups excluding carboxylic acids is 3. The summed E-state index contributed by atoms with van der Waals surface area (Å²) in [6.07, 6.45) is -4.54. The predicted octanol–water partition coefficient (Wildman–Crippen LogP) is -2.02. The Morgan fingerprint density at radius 1 is 1.00 bits per heavy atom. The number of hydrogen-bond donors (Lipinski definition) is 3. The monoisotopic (exact) mass is 355 g/mol. The highest BCUT2D eigenvalue weighted by Crippen LogP contribution is 1.97. The van der Waals surface area contributed by atoms with E-state index in [0.717, 1.165) is 0 Å². The van der Waals surface area contributed by atoms with E-state index in [9.17, 15) is 24.5 Å². The highest BCUT2D eigenvalue weighted by Gasteiger charge is 2.25. The van der Waals surface area contributed by atoms with Crippen LogP contribution in [0.4, 0.5) is 0 Å². The third-order valence-corrected chi connectivity index (χ3v) is 2.02. The first kappa shape index (κ1) is 23.9. The topological polar surface area (TPSA) is 183 Å². The number of esters is 3. The zero-order chi connectivity index (χ0) is 19.3. The van der Waals surface area contributed by atoms with Crippen molar-refractivity contribution in [2.24, 2.45) is 0 Å². The molecule has 0 heterocycles. The Balaban J connectivity index is 0. The summed E-state index contributed by atoms with van der Waals surface area (Å²) in [5.74, 6) is -1.51. The van der Waals surface area contributed by atoms with Gasteiger partial charge in [0, 0.05) is 20.8 Å². The smallest absolute Gasteiger partial charge is 0.341 e. The molecule has 2 atom stereocenters. The molecule has 3 N–H and O–H groups in total. The van der Waals surface area contributed by atoms with Gasteiger partial charge in [0.2, 0.25) is 0 Å². The number of ether oxygens (including phenoxy) is 3. The summed E-state index contributed by atoms with van der Waals surface area (Å²) >= 11 is 0. The first-order valence-corrected chi connectivity index (χ1v) is 6.55. The van der Waals surface area contributed by atoms with Gasteiger partial charge in [0.15, 0.2) is 12.2 Å². The van der Waals surface area contributed by atoms with Crippen LogP contribution < -0.4 is 0 Å². The van der Waals surface area contributed by atoms with Crippen LogP contribution in [0, 0.1) is 10.1 Å². The summed E-state index contributed by atoms with van der Waals surface area (Å²) in [7, 11) is 0. The molecule has 0 fully saturated rings. The molecule has 24 heavy (non-hydrogen) atoms. The Hall–Kier alpha value is -2.31. The van der Waals surface area contributed by atoms with Gasteiger partial charge in [-0.05, 0) is 0 Å². The highest BCUT2D eigenvalue weighted by molar-refractivity contribution is 5.67. The molecular weight excluding hydrogens is 334 g/mol. The number of hydrogen-bond acceptors (Lipinski definition) is 11. The van der Waals surface area contributed by atoms with E-state index < -0.39 is 47.9 Å². The average molecular weight is 355 g/mol. The van der Waals surface area contributed by atoms with Crippen molar-refractivity contribution in [3.8, 4) is 0 Å². The van der Waals surface area contributed by atoms with Crippen LogP contribution >= 0.6 is 0 Å². The van der Waals surface area contributed by atoms with Gasteiger partial charge in [0.1, 0.15) is 13.2 Å². The molecule has 0 aromatic heterocycles. The summed E-state index contributed by atoms with van der Waals surface area (Å²) in [5, 5.41) is 34.3. The van der Waals surface area contributed by atoms with Crippen molar-refractivity contribution in [2.75, 3.05) is 19.8 Å². The van der Waals surface area contributed by atoms with Crippen LogP contribution in [0.2, 0.25) is 0 Å². The van der Waals surface area contributed by atoms with Crippen LogP contribution in [-0.2, 0) is 28.6 Å². The van der Waals surface area contributed by atoms with E-state index >= 15 is 0 Å². The molecule has 0 amide bonds. The predicted molar refractivity (Wildman–Crippen MR) is 74.9 cm³/mol. The molecule has 0 aromatic carbocycles. The number of rotatable bonds is 8. The zero-order valence-corrected chi connectivity index (χ0v) is 13.4. The lowest BCUT2D eigenvalue weighted by atomic mass is 10.3. The molecule has 0 aliphatic heterocycles. The van der Waals surface area contributed by atoms with Gasteiger partial charge >= 0.3 is 24.1 Å². The van der Waals surface area contributed by atoms with E-state index in [1.807, 2.05) is 0 Å². The van der Waals surface area contributed by atoms with E-state index in [1.165, 1.54) is 20.8 Å². The van der Waals surface area contributed by atoms with Crippen molar-refractivity contribution in [2.45, 2.75) is 39.2 Å². The number of aliphatic hydroxyl groups excluding tert-OH is 3. The Morgan fingerprint density at radius 2 is 1.42 bits per heavy atom. The SMILES string of the molecule is CC(=O)OCC(COC(C)=O)OC(C)=O.O=[N+]([O-])C(O)C(O)CO. The fourth-order valence-corrected chi connectivity index (χ4v) is 1.01. The van der Waals surface area contributed by atoms with Crippen molar-refractivity contribution in [3.63, 3.8) is 0 Å². The summed E-state index contributed by atoms with van der Waals surface area (Å²) in [5.41, 5.74) is 0. The molecule has 0 aliphatic rings. The minimum atomic E-state index is -2.09. The molecule has 140 valence electrons. The molecule has 0 saturated heterocycles. The van der Waals surface area contributed by atoms with Gasteiger partial charge in [-0.1, -0.05) is 0 Å². The third-order valence-electron chi connectivity index (χ3n) is 2.02. The van der Waals surface area contributed by atoms with E-state index in [-0.39, 0.29) is 13.2 Å². The second-order valence-corrected chi connectivity index (χ2v) is 4.29. The van der Waals surface area contributed by atoms with Crippen molar-refractivity contribution in [1.82, 2.24) is 0 Å². The fraction of sp³-hybridized carbons (Fsp3) is 0.750. The largest absolute Gasteiger partial charge is 0.462 e. The zero-order valence-electron chi connectivity index (χ0n) is 13.4. The molecule has 12 heteroatoms. The van der Waals surface area contributed by atoms with Crippen molar-refractivity contribution in [3.05, 3.63) is 10.1 Å². The Kier molecular flexibility index (Phi) is 13.1. The van der Waals surface area contributed by atoms with Crippen LogP contribution in [0.15, 0.2) is 0 Å². The van der Waals surface area contributed by atoms with E-state index in [2.05, 4.69) is 9.47 Å². The number of nitro groups is 1. The molecule has 0 saturated carbocycles. The Bertz CT molecular complexity index is 407. The van der Waals surface area contributed by atoms with Gasteiger partial charge in [-0.25, -0.2) is 0 Å². The lowest BCUT2D eigenvalue weighted by Crippen LogP contribution is -2.35. The van der Waals surface area contributed by atoms with Crippen LogP contribution in [-0.4, -0.2) is 76.4 Å². The number of aliphatic hydroxyl groups is 3. The highest BCUT2D eigenvalue weighted by atomic mass is 16.7. The first-order valence-electron chi connectivity index (χ1n) is 6.55. The molecule has 0 spiro atoms. The maximum atomic E-state index is 10.6. The van der Waals surface area contributed by atoms with Crippen LogP contribution in [0.1, 0.15) is 20.8 Å². The van der Waals surface area contributed by atoms with Gasteiger partial charge in [-0.15, -0.1) is 0 Å². The van der Waals surface area contributed by atoms with E-state index in [0.29, 0.717) is 0 Å². The Morgan fingerprint density at radius 3 is 1.62 bits per heavy atom. The maximum absolute atomic E-state index is 10.6. The number of carbonyl (C=O) groups is 3. The lowest BCUT2D eigenvalue weighted by Gasteiger charge is -2.15. The van der Waals surface area contributed by atoms with Gasteiger partial charge in [-0.3, -0.25) is 24.5 Å². The minimum Gasteiger partial charge on any atom is -0.462 e. The van der Waals surface area contributed by atoms with E-state index in [4.69, 9.17) is 20.1 Å². The van der Waals surface area contributed by atoms with Gasteiger partial charge < -0.3 is 29.5 Å². The summed E-state index contributed by atoms with van der Waals surface area (Å²) in [6.45, 7) is 2.62. The summed E-state index contributed by atoms with van der Waals surface area (Å²) in [6, 6.07) is 0. The molecule has 0 radical (unpaired) electrons. The molecular formula is C12H21NO11. The quantitative estimate of drug-likeness (QED) is 0.143. The molecule has 12 nitrogen and oxygen atoms in total. The maximum Gasteiger partial charge on any atom is 0.341 e. The van der Waals surface area contributed by atoms with Gasteiger partial charge in [0.05, 0.1) is 11.5 Å². The van der Waals surface area contributed by atoms with Gasteiger partial charge in [0.25, 0.3) is 0 Å². The molecule has 0 aliphatic carbocycles. The standard InChI is InChI=1S/C9H14O6.C3H7NO5/c1-6(10)13-4-9(15-8(3)12)5-14-7(2)11;5-1-2(6)3(7)4(8)9/h9H,4-5H2,1-3H3;2-3,5-7H,1H2.